The van der Waals surface area contributed by atoms with Crippen LogP contribution in [0.2, 0.25) is 5.02 Å². The highest BCUT2D eigenvalue weighted by atomic mass is 35.5. The second-order valence-corrected chi connectivity index (χ2v) is 9.25. The van der Waals surface area contributed by atoms with Gasteiger partial charge in [0.05, 0.1) is 7.11 Å². The molecule has 0 unspecified atom stereocenters. The molecule has 0 spiro atoms. The summed E-state index contributed by atoms with van der Waals surface area (Å²) in [6.45, 7) is 2.96. The van der Waals surface area contributed by atoms with E-state index in [0.717, 1.165) is 6.07 Å². The Labute approximate surface area is 192 Å². The van der Waals surface area contributed by atoms with Crippen LogP contribution in [0.5, 0.6) is 5.75 Å². The molecule has 2 atom stereocenters. The lowest BCUT2D eigenvalue weighted by molar-refractivity contribution is 0.0999. The summed E-state index contributed by atoms with van der Waals surface area (Å²) in [5.74, 6) is -3.81. The van der Waals surface area contributed by atoms with Crippen LogP contribution in [0.3, 0.4) is 0 Å². The van der Waals surface area contributed by atoms with Gasteiger partial charge in [0.2, 0.25) is 21.8 Å². The fraction of sp³-hybridized carbons (Fsp3) is 0.250. The van der Waals surface area contributed by atoms with E-state index in [0.29, 0.717) is 0 Å². The van der Waals surface area contributed by atoms with Crippen molar-refractivity contribution in [1.29, 1.82) is 0 Å². The number of rotatable bonds is 8. The van der Waals surface area contributed by atoms with Gasteiger partial charge < -0.3 is 14.9 Å². The first-order chi connectivity index (χ1) is 15.5. The van der Waals surface area contributed by atoms with Crippen LogP contribution in [0.15, 0.2) is 44.4 Å². The number of nitrogens with one attached hydrogen (secondary N) is 2. The number of H-pyrrole nitrogens is 1. The van der Waals surface area contributed by atoms with Crippen LogP contribution in [0.4, 0.5) is 4.39 Å². The molecule has 0 aliphatic carbocycles. The minimum Gasteiger partial charge on any atom is -0.495 e. The number of aromatic nitrogens is 2. The Balaban J connectivity index is 2.14. The van der Waals surface area contributed by atoms with Gasteiger partial charge in [-0.15, -0.1) is 5.10 Å². The molecule has 4 N–H and O–H groups in total. The zero-order valence-corrected chi connectivity index (χ0v) is 19.3. The van der Waals surface area contributed by atoms with E-state index >= 15 is 0 Å². The van der Waals surface area contributed by atoms with E-state index in [4.69, 9.17) is 26.5 Å². The van der Waals surface area contributed by atoms with Gasteiger partial charge in [-0.05, 0) is 42.3 Å². The first-order valence-electron chi connectivity index (χ1n) is 9.46. The Morgan fingerprint density at radius 3 is 2.61 bits per heavy atom. The zero-order valence-electron chi connectivity index (χ0n) is 17.7. The number of halogens is 2. The van der Waals surface area contributed by atoms with Gasteiger partial charge >= 0.3 is 5.76 Å². The van der Waals surface area contributed by atoms with E-state index < -0.39 is 39.5 Å². The number of sulfonamides is 1. The van der Waals surface area contributed by atoms with Crippen LogP contribution >= 0.6 is 11.6 Å². The van der Waals surface area contributed by atoms with Gasteiger partial charge in [0, 0.05) is 22.6 Å². The van der Waals surface area contributed by atoms with Crippen molar-refractivity contribution < 1.29 is 26.8 Å². The minimum atomic E-state index is -4.33. The van der Waals surface area contributed by atoms with Gasteiger partial charge in [-0.3, -0.25) is 4.79 Å². The molecule has 10 nitrogen and oxygen atoms in total. The highest BCUT2D eigenvalue weighted by Gasteiger charge is 2.34. The number of methoxy groups -OCH3 is 1. The van der Waals surface area contributed by atoms with Crippen molar-refractivity contribution in [2.75, 3.05) is 7.11 Å². The molecule has 0 saturated heterocycles. The number of carbonyl (C=O) groups excluding carboxylic acids is 1. The third-order valence-corrected chi connectivity index (χ3v) is 6.82. The molecule has 0 saturated carbocycles. The maximum absolute atomic E-state index is 14.9. The maximum atomic E-state index is 14.9. The average Bonchev–Trinajstić information content (AvgIpc) is 3.17. The van der Waals surface area contributed by atoms with E-state index in [9.17, 15) is 22.4 Å². The SMILES string of the molecule is COc1cc(Cl)ccc1S(=O)(=O)N[C@H](c1n[nH]c(=O)o1)[C@H](C)c1c(F)ccc(C(N)=O)c1C. The van der Waals surface area contributed by atoms with Crippen molar-refractivity contribution in [3.8, 4) is 5.75 Å². The van der Waals surface area contributed by atoms with Gasteiger partial charge in [0.1, 0.15) is 22.5 Å². The lowest BCUT2D eigenvalue weighted by Gasteiger charge is -2.25. The molecule has 0 fully saturated rings. The predicted molar refractivity (Wildman–Crippen MR) is 116 cm³/mol. The number of hydrogen-bond acceptors (Lipinski definition) is 7. The topological polar surface area (TPSA) is 157 Å². The lowest BCUT2D eigenvalue weighted by atomic mass is 9.87. The third kappa shape index (κ3) is 4.92. The number of ether oxygens (including phenoxy) is 1. The van der Waals surface area contributed by atoms with Gasteiger partial charge in [0.25, 0.3) is 0 Å². The minimum absolute atomic E-state index is 0.00674. The molecule has 13 heteroatoms. The summed E-state index contributed by atoms with van der Waals surface area (Å²) in [6, 6.07) is 4.81. The van der Waals surface area contributed by atoms with Crippen molar-refractivity contribution in [3.63, 3.8) is 0 Å². The van der Waals surface area contributed by atoms with Crippen molar-refractivity contribution >= 4 is 27.5 Å². The average molecular weight is 499 g/mol. The van der Waals surface area contributed by atoms with Gasteiger partial charge in [0.15, 0.2) is 0 Å². The third-order valence-electron chi connectivity index (χ3n) is 5.10. The number of nitrogens with two attached hydrogens (primary N) is 1. The fourth-order valence-electron chi connectivity index (χ4n) is 3.52. The second-order valence-electron chi connectivity index (χ2n) is 7.13. The quantitative estimate of drug-likeness (QED) is 0.430. The molecule has 0 aliphatic rings. The summed E-state index contributed by atoms with van der Waals surface area (Å²) < 4.78 is 53.8. The van der Waals surface area contributed by atoms with Crippen molar-refractivity contribution in [2.45, 2.75) is 30.7 Å². The fourth-order valence-corrected chi connectivity index (χ4v) is 5.11. The van der Waals surface area contributed by atoms with Gasteiger partial charge in [-0.1, -0.05) is 18.5 Å². The van der Waals surface area contributed by atoms with E-state index in [1.54, 1.807) is 0 Å². The largest absolute Gasteiger partial charge is 0.495 e. The number of nitrogens with zero attached hydrogens (tertiary/aromatic N) is 1. The van der Waals surface area contributed by atoms with E-state index in [1.807, 2.05) is 0 Å². The Morgan fingerprint density at radius 1 is 1.33 bits per heavy atom. The molecule has 33 heavy (non-hydrogen) atoms. The van der Waals surface area contributed by atoms with Crippen molar-refractivity contribution in [3.05, 3.63) is 74.3 Å². The van der Waals surface area contributed by atoms with E-state index in [2.05, 4.69) is 14.9 Å². The van der Waals surface area contributed by atoms with Crippen molar-refractivity contribution in [2.24, 2.45) is 5.73 Å². The Bertz CT molecular complexity index is 1370. The molecule has 1 amide bonds. The Hall–Kier alpha value is -3.22. The number of carbonyl (C=O) groups is 1. The van der Waals surface area contributed by atoms with Crippen LogP contribution < -0.4 is 20.9 Å². The molecule has 1 heterocycles. The Kier molecular flexibility index (Phi) is 6.91. The monoisotopic (exact) mass is 498 g/mol. The molecule has 1 aromatic heterocycles. The number of amides is 1. The summed E-state index contributed by atoms with van der Waals surface area (Å²) in [5, 5.41) is 6.01. The number of hydrogen-bond donors (Lipinski definition) is 3. The predicted octanol–water partition coefficient (Wildman–Crippen LogP) is 2.39. The normalized spacial score (nSPS) is 13.5. The van der Waals surface area contributed by atoms with Crippen LogP contribution in [-0.4, -0.2) is 31.6 Å². The molecular formula is C20H20ClFN4O6S. The van der Waals surface area contributed by atoms with Crippen LogP contribution in [0.1, 0.15) is 46.3 Å². The summed E-state index contributed by atoms with van der Waals surface area (Å²) >= 11 is 5.92. The Morgan fingerprint density at radius 2 is 2.03 bits per heavy atom. The smallest absolute Gasteiger partial charge is 0.434 e. The number of primary amides is 1. The first kappa shape index (κ1) is 24.4. The van der Waals surface area contributed by atoms with E-state index in [1.165, 1.54) is 45.2 Å². The van der Waals surface area contributed by atoms with Gasteiger partial charge in [-0.2, -0.15) is 4.72 Å². The second kappa shape index (κ2) is 9.33. The highest BCUT2D eigenvalue weighted by Crippen LogP contribution is 2.36. The summed E-state index contributed by atoms with van der Waals surface area (Å²) in [7, 11) is -3.06. The van der Waals surface area contributed by atoms with Crippen LogP contribution in [-0.2, 0) is 10.0 Å². The molecule has 0 aliphatic heterocycles. The first-order valence-corrected chi connectivity index (χ1v) is 11.3. The maximum Gasteiger partial charge on any atom is 0.434 e. The molecule has 2 aromatic carbocycles. The highest BCUT2D eigenvalue weighted by molar-refractivity contribution is 7.89. The molecule has 3 aromatic rings. The van der Waals surface area contributed by atoms with Crippen LogP contribution in [0, 0.1) is 12.7 Å². The number of aromatic amines is 1. The number of benzene rings is 2. The summed E-state index contributed by atoms with van der Waals surface area (Å²) in [6.07, 6.45) is 0. The molecule has 0 bridgehead atoms. The molecule has 0 radical (unpaired) electrons. The lowest BCUT2D eigenvalue weighted by Crippen LogP contribution is -2.33. The summed E-state index contributed by atoms with van der Waals surface area (Å²) in [5.41, 5.74) is 5.63. The van der Waals surface area contributed by atoms with E-state index in [-0.39, 0.29) is 38.2 Å². The molecular weight excluding hydrogens is 479 g/mol. The van der Waals surface area contributed by atoms with Crippen molar-refractivity contribution in [1.82, 2.24) is 14.9 Å². The standard InChI is InChI=1S/C20H20ClFN4O6S/c1-9-12(18(23)27)5-6-13(22)16(9)10(2)17(19-24-25-20(28)32-19)26-33(29,30)15-7-4-11(21)8-14(15)31-3/h4-8,10,17,26H,1-3H3,(H2,23,27)(H,25,28)/t10-,17+/m1/s1. The van der Waals surface area contributed by atoms with Crippen LogP contribution in [0.25, 0.3) is 0 Å². The molecule has 3 rings (SSSR count). The van der Waals surface area contributed by atoms with Gasteiger partial charge in [-0.25, -0.2) is 22.7 Å². The summed E-state index contributed by atoms with van der Waals surface area (Å²) in [4.78, 5) is 23.1. The molecule has 176 valence electrons. The zero-order chi connectivity index (χ0) is 24.5.